The first kappa shape index (κ1) is 32.2. The van der Waals surface area contributed by atoms with E-state index in [0.29, 0.717) is 72.1 Å². The van der Waals surface area contributed by atoms with Crippen LogP contribution in [0.2, 0.25) is 5.02 Å². The third-order valence-electron chi connectivity index (χ3n) is 9.67. The maximum absolute atomic E-state index is 16.7. The van der Waals surface area contributed by atoms with Crippen LogP contribution in [0.5, 0.6) is 11.8 Å². The number of rotatable bonds is 3. The van der Waals surface area contributed by atoms with Crippen molar-refractivity contribution in [1.29, 1.82) is 0 Å². The van der Waals surface area contributed by atoms with E-state index in [1.807, 2.05) is 6.07 Å². The number of benzene rings is 2. The SMILES string of the molecule is CCCC1COCCCOC2CN3CCCC3(COc3nc(c4cnc(-c5cc(O)cc6cccc(Cl)c56)c(F)c4n3)NCCN1)C2. The van der Waals surface area contributed by atoms with Gasteiger partial charge in [-0.05, 0) is 62.2 Å². The number of aromatic hydroxyl groups is 1. The summed E-state index contributed by atoms with van der Waals surface area (Å²) in [6.45, 7) is 7.56. The van der Waals surface area contributed by atoms with E-state index >= 15 is 4.39 Å². The molecule has 250 valence electrons. The average Bonchev–Trinajstić information content (AvgIpc) is 3.60. The van der Waals surface area contributed by atoms with E-state index in [2.05, 4.69) is 32.4 Å². The third-order valence-corrected chi connectivity index (χ3v) is 9.98. The number of anilines is 1. The maximum Gasteiger partial charge on any atom is 0.319 e. The van der Waals surface area contributed by atoms with Crippen LogP contribution in [0.15, 0.2) is 36.5 Å². The van der Waals surface area contributed by atoms with Crippen molar-refractivity contribution in [3.8, 4) is 23.0 Å². The average molecular weight is 665 g/mol. The molecule has 3 aliphatic rings. The Bertz CT molecular complexity index is 1750. The molecule has 0 amide bonds. The fourth-order valence-electron chi connectivity index (χ4n) is 7.44. The Morgan fingerprint density at radius 3 is 2.98 bits per heavy atom. The minimum absolute atomic E-state index is 0.0148. The maximum atomic E-state index is 16.7. The number of halogens is 2. The highest BCUT2D eigenvalue weighted by atomic mass is 35.5. The molecule has 0 radical (unpaired) electrons. The van der Waals surface area contributed by atoms with Crippen molar-refractivity contribution < 1.29 is 23.7 Å². The number of nitrogens with zero attached hydrogens (tertiary/aromatic N) is 4. The summed E-state index contributed by atoms with van der Waals surface area (Å²) in [6, 6.07) is 8.74. The molecule has 0 saturated carbocycles. The van der Waals surface area contributed by atoms with Gasteiger partial charge in [-0.3, -0.25) is 9.88 Å². The first-order chi connectivity index (χ1) is 22.9. The van der Waals surface area contributed by atoms with Crippen molar-refractivity contribution in [2.24, 2.45) is 0 Å². The van der Waals surface area contributed by atoms with Crippen molar-refractivity contribution in [3.63, 3.8) is 0 Å². The van der Waals surface area contributed by atoms with E-state index in [4.69, 9.17) is 30.8 Å². The van der Waals surface area contributed by atoms with Gasteiger partial charge in [-0.25, -0.2) is 4.39 Å². The van der Waals surface area contributed by atoms with Crippen molar-refractivity contribution in [2.45, 2.75) is 63.1 Å². The molecule has 3 N–H and O–H groups in total. The first-order valence-corrected chi connectivity index (χ1v) is 17.1. The van der Waals surface area contributed by atoms with Gasteiger partial charge >= 0.3 is 6.01 Å². The lowest BCUT2D eigenvalue weighted by molar-refractivity contribution is 0.0323. The highest BCUT2D eigenvalue weighted by Crippen LogP contribution is 2.41. The Labute approximate surface area is 279 Å². The number of hydrogen-bond acceptors (Lipinski definition) is 10. The summed E-state index contributed by atoms with van der Waals surface area (Å²) in [5.41, 5.74) is 0.319. The number of nitrogens with one attached hydrogen (secondary N) is 2. The molecule has 4 bridgehead atoms. The van der Waals surface area contributed by atoms with E-state index in [0.717, 1.165) is 51.6 Å². The topological polar surface area (TPSA) is 114 Å². The van der Waals surface area contributed by atoms with E-state index in [-0.39, 0.29) is 40.7 Å². The summed E-state index contributed by atoms with van der Waals surface area (Å²) in [6.07, 6.45) is 7.54. The second-order valence-corrected chi connectivity index (χ2v) is 13.3. The Balaban J connectivity index is 1.26. The van der Waals surface area contributed by atoms with Gasteiger partial charge in [0, 0.05) is 61.1 Å². The van der Waals surface area contributed by atoms with Crippen molar-refractivity contribution in [1.82, 2.24) is 25.2 Å². The summed E-state index contributed by atoms with van der Waals surface area (Å²) < 4.78 is 35.4. The summed E-state index contributed by atoms with van der Waals surface area (Å²) in [5, 5.41) is 19.6. The Kier molecular flexibility index (Phi) is 9.61. The van der Waals surface area contributed by atoms with Gasteiger partial charge in [-0.2, -0.15) is 9.97 Å². The van der Waals surface area contributed by atoms with Crippen LogP contribution in [-0.2, 0) is 9.47 Å². The molecular formula is C35H42ClFN6O4. The van der Waals surface area contributed by atoms with Crippen LogP contribution in [-0.4, -0.2) is 95.2 Å². The lowest BCUT2D eigenvalue weighted by Gasteiger charge is -2.31. The molecule has 2 saturated heterocycles. The van der Waals surface area contributed by atoms with Crippen LogP contribution in [0.3, 0.4) is 0 Å². The fourth-order valence-corrected chi connectivity index (χ4v) is 7.72. The van der Waals surface area contributed by atoms with Gasteiger partial charge < -0.3 is 30.0 Å². The second kappa shape index (κ2) is 14.0. The van der Waals surface area contributed by atoms with Crippen LogP contribution in [0.1, 0.15) is 45.4 Å². The lowest BCUT2D eigenvalue weighted by atomic mass is 9.94. The van der Waals surface area contributed by atoms with Gasteiger partial charge in [0.2, 0.25) is 0 Å². The van der Waals surface area contributed by atoms with E-state index in [1.54, 1.807) is 24.4 Å². The molecule has 1 spiro atoms. The number of fused-ring (bicyclic) bond motifs is 6. The molecular weight excluding hydrogens is 623 g/mol. The molecule has 2 aromatic heterocycles. The smallest absolute Gasteiger partial charge is 0.319 e. The minimum atomic E-state index is -0.642. The fraction of sp³-hybridized carbons (Fsp3) is 0.514. The first-order valence-electron chi connectivity index (χ1n) is 16.8. The van der Waals surface area contributed by atoms with Crippen LogP contribution in [0.25, 0.3) is 32.9 Å². The van der Waals surface area contributed by atoms with Gasteiger partial charge in [0.15, 0.2) is 5.82 Å². The molecule has 3 aliphatic heterocycles. The van der Waals surface area contributed by atoms with Gasteiger partial charge in [0.25, 0.3) is 0 Å². The highest BCUT2D eigenvalue weighted by molar-refractivity contribution is 6.36. The zero-order chi connectivity index (χ0) is 32.4. The van der Waals surface area contributed by atoms with Crippen LogP contribution in [0, 0.1) is 5.82 Å². The molecule has 47 heavy (non-hydrogen) atoms. The van der Waals surface area contributed by atoms with Crippen molar-refractivity contribution in [3.05, 3.63) is 47.4 Å². The van der Waals surface area contributed by atoms with E-state index < -0.39 is 5.82 Å². The van der Waals surface area contributed by atoms with Crippen molar-refractivity contribution >= 4 is 39.1 Å². The monoisotopic (exact) mass is 664 g/mol. The molecule has 0 aliphatic carbocycles. The van der Waals surface area contributed by atoms with E-state index in [1.165, 1.54) is 6.07 Å². The zero-order valence-electron chi connectivity index (χ0n) is 26.7. The molecule has 5 heterocycles. The quantitative estimate of drug-likeness (QED) is 0.243. The summed E-state index contributed by atoms with van der Waals surface area (Å²) in [4.78, 5) is 16.4. The molecule has 2 fully saturated rings. The second-order valence-electron chi connectivity index (χ2n) is 12.9. The Morgan fingerprint density at radius 2 is 2.09 bits per heavy atom. The summed E-state index contributed by atoms with van der Waals surface area (Å²) in [7, 11) is 0. The molecule has 10 nitrogen and oxygen atoms in total. The number of phenolic OH excluding ortho intramolecular Hbond substituents is 1. The lowest BCUT2D eigenvalue weighted by Crippen LogP contribution is -2.43. The molecule has 12 heteroatoms. The minimum Gasteiger partial charge on any atom is -0.508 e. The largest absolute Gasteiger partial charge is 0.508 e. The predicted octanol–water partition coefficient (Wildman–Crippen LogP) is 5.94. The van der Waals surface area contributed by atoms with Crippen molar-refractivity contribution in [2.75, 3.05) is 57.9 Å². The number of phenols is 1. The van der Waals surface area contributed by atoms with Gasteiger partial charge in [0.05, 0.1) is 23.6 Å². The van der Waals surface area contributed by atoms with Gasteiger partial charge in [0.1, 0.15) is 29.4 Å². The van der Waals surface area contributed by atoms with E-state index in [9.17, 15) is 5.11 Å². The summed E-state index contributed by atoms with van der Waals surface area (Å²) >= 11 is 6.58. The standard InChI is InChI=1S/C35H42ClFN6O4/c1-2-6-23-20-45-13-5-14-46-25-17-35(9-4-12-43(35)19-25)21-47-34-41-32-27(33(42-34)39-11-10-38-23)18-40-31(30(32)37)26-16-24(44)15-22-7-3-8-28(36)29(22)26/h3,7-8,15-16,18,23,25,38,44H,2,4-6,9-14,17,19-21H2,1H3,(H,39,41,42). The van der Waals surface area contributed by atoms with Gasteiger partial charge in [-0.1, -0.05) is 37.1 Å². The Morgan fingerprint density at radius 1 is 1.17 bits per heavy atom. The highest BCUT2D eigenvalue weighted by Gasteiger charge is 2.49. The normalized spacial score (nSPS) is 24.7. The molecule has 2 aromatic carbocycles. The number of hydrogen-bond donors (Lipinski definition) is 3. The van der Waals surface area contributed by atoms with Crippen LogP contribution in [0.4, 0.5) is 10.2 Å². The Hall–Kier alpha value is -3.35. The molecule has 7 rings (SSSR count). The summed E-state index contributed by atoms with van der Waals surface area (Å²) in [5.74, 6) is -0.214. The van der Waals surface area contributed by atoms with Crippen LogP contribution >= 0.6 is 11.6 Å². The zero-order valence-corrected chi connectivity index (χ0v) is 27.5. The third kappa shape index (κ3) is 6.69. The number of pyridine rings is 1. The number of ether oxygens (including phenoxy) is 3. The van der Waals surface area contributed by atoms with Crippen LogP contribution < -0.4 is 15.4 Å². The number of aromatic nitrogens is 3. The van der Waals surface area contributed by atoms with Gasteiger partial charge in [-0.15, -0.1) is 0 Å². The molecule has 3 atom stereocenters. The molecule has 4 aromatic rings. The predicted molar refractivity (Wildman–Crippen MR) is 181 cm³/mol. The molecule has 3 unspecified atom stereocenters.